The van der Waals surface area contributed by atoms with Crippen molar-refractivity contribution in [1.82, 2.24) is 9.66 Å². The average Bonchev–Trinajstić information content (AvgIpc) is 2.92. The van der Waals surface area contributed by atoms with Crippen LogP contribution in [0.3, 0.4) is 0 Å². The van der Waals surface area contributed by atoms with Crippen molar-refractivity contribution < 1.29 is 14.2 Å². The molecule has 3 aromatic carbocycles. The van der Waals surface area contributed by atoms with Crippen molar-refractivity contribution in [3.63, 3.8) is 0 Å². The highest BCUT2D eigenvalue weighted by molar-refractivity contribution is 9.10. The van der Waals surface area contributed by atoms with Gasteiger partial charge in [0.1, 0.15) is 12.4 Å². The summed E-state index contributed by atoms with van der Waals surface area (Å²) in [5.41, 5.74) is 3.76. The molecule has 0 atom stereocenters. The van der Waals surface area contributed by atoms with Crippen LogP contribution in [0.4, 0.5) is 0 Å². The van der Waals surface area contributed by atoms with Gasteiger partial charge in [0, 0.05) is 15.6 Å². The summed E-state index contributed by atoms with van der Waals surface area (Å²) in [6.45, 7) is 8.83. The van der Waals surface area contributed by atoms with Gasteiger partial charge in [0.25, 0.3) is 5.56 Å². The number of halogens is 1. The van der Waals surface area contributed by atoms with E-state index < -0.39 is 0 Å². The molecule has 0 N–H and O–H groups in total. The highest BCUT2D eigenvalue weighted by Crippen LogP contribution is 2.35. The summed E-state index contributed by atoms with van der Waals surface area (Å²) in [5.74, 6) is 4.90. The Labute approximate surface area is 236 Å². The lowest BCUT2D eigenvalue weighted by atomic mass is 9.96. The topological polar surface area (TPSA) is 74.9 Å². The van der Waals surface area contributed by atoms with Gasteiger partial charge in [-0.15, -0.1) is 6.42 Å². The van der Waals surface area contributed by atoms with Crippen LogP contribution >= 0.6 is 15.9 Å². The number of ether oxygens (including phenoxy) is 3. The molecule has 4 aromatic rings. The van der Waals surface area contributed by atoms with Crippen LogP contribution in [-0.2, 0) is 0 Å². The predicted molar refractivity (Wildman–Crippen MR) is 159 cm³/mol. The predicted octanol–water partition coefficient (Wildman–Crippen LogP) is 6.56. The number of nitrogens with zero attached hydrogens (tertiary/aromatic N) is 3. The van der Waals surface area contributed by atoms with E-state index in [1.165, 1.54) is 4.68 Å². The zero-order valence-corrected chi connectivity index (χ0v) is 24.2. The van der Waals surface area contributed by atoms with E-state index in [0.29, 0.717) is 44.9 Å². The second-order valence-electron chi connectivity index (χ2n) is 9.12. The molecule has 7 nitrogen and oxygen atoms in total. The van der Waals surface area contributed by atoms with Gasteiger partial charge >= 0.3 is 0 Å². The third kappa shape index (κ3) is 5.84. The van der Waals surface area contributed by atoms with Crippen molar-refractivity contribution in [2.75, 3.05) is 20.3 Å². The number of hydrogen-bond acceptors (Lipinski definition) is 6. The van der Waals surface area contributed by atoms with Crippen molar-refractivity contribution in [3.8, 4) is 41.0 Å². The average molecular weight is 589 g/mol. The molecule has 0 saturated heterocycles. The third-order valence-corrected chi connectivity index (χ3v) is 6.87. The van der Waals surface area contributed by atoms with Crippen LogP contribution in [0.15, 0.2) is 62.9 Å². The van der Waals surface area contributed by atoms with E-state index in [2.05, 4.69) is 40.8 Å². The number of para-hydroxylation sites is 1. The van der Waals surface area contributed by atoms with Crippen LogP contribution in [0.25, 0.3) is 22.3 Å². The van der Waals surface area contributed by atoms with Crippen LogP contribution in [-0.4, -0.2) is 36.2 Å². The monoisotopic (exact) mass is 587 g/mol. The number of benzene rings is 3. The first-order valence-corrected chi connectivity index (χ1v) is 13.4. The van der Waals surface area contributed by atoms with E-state index in [4.69, 9.17) is 25.6 Å². The van der Waals surface area contributed by atoms with Crippen molar-refractivity contribution in [3.05, 3.63) is 80.0 Å². The second-order valence-corrected chi connectivity index (χ2v) is 9.98. The van der Waals surface area contributed by atoms with Crippen molar-refractivity contribution in [2.24, 2.45) is 5.10 Å². The van der Waals surface area contributed by atoms with Gasteiger partial charge in [-0.1, -0.05) is 31.9 Å². The van der Waals surface area contributed by atoms with E-state index >= 15 is 0 Å². The fraction of sp³-hybridized carbons (Fsp3) is 0.258. The van der Waals surface area contributed by atoms with Crippen LogP contribution in [0.2, 0.25) is 0 Å². The van der Waals surface area contributed by atoms with Crippen molar-refractivity contribution >= 4 is 33.0 Å². The number of aryl methyl sites for hydroxylation is 1. The summed E-state index contributed by atoms with van der Waals surface area (Å²) in [7, 11) is 1.55. The summed E-state index contributed by atoms with van der Waals surface area (Å²) >= 11 is 3.56. The maximum atomic E-state index is 13.7. The van der Waals surface area contributed by atoms with E-state index in [-0.39, 0.29) is 18.1 Å². The van der Waals surface area contributed by atoms with E-state index in [1.807, 2.05) is 44.2 Å². The zero-order valence-electron chi connectivity index (χ0n) is 22.6. The number of aromatic nitrogens is 2. The maximum absolute atomic E-state index is 13.7. The van der Waals surface area contributed by atoms with Gasteiger partial charge in [0.15, 0.2) is 17.3 Å². The minimum Gasteiger partial charge on any atom is -0.494 e. The van der Waals surface area contributed by atoms with Crippen LogP contribution < -0.4 is 19.8 Å². The summed E-state index contributed by atoms with van der Waals surface area (Å²) in [5, 5.41) is 5.10. The molecule has 0 aliphatic carbocycles. The molecule has 1 aromatic heterocycles. The molecule has 1 heterocycles. The largest absolute Gasteiger partial charge is 0.494 e. The van der Waals surface area contributed by atoms with E-state index in [0.717, 1.165) is 22.4 Å². The Morgan fingerprint density at radius 3 is 2.59 bits per heavy atom. The summed E-state index contributed by atoms with van der Waals surface area (Å²) in [6, 6.07) is 14.8. The Kier molecular flexibility index (Phi) is 8.72. The number of fused-ring (bicyclic) bond motifs is 1. The molecule has 0 bridgehead atoms. The number of rotatable bonds is 9. The van der Waals surface area contributed by atoms with Gasteiger partial charge in [0.2, 0.25) is 0 Å². The molecule has 4 rings (SSSR count). The van der Waals surface area contributed by atoms with Gasteiger partial charge < -0.3 is 14.2 Å². The minimum atomic E-state index is -0.275. The lowest BCUT2D eigenvalue weighted by Gasteiger charge is -2.18. The summed E-state index contributed by atoms with van der Waals surface area (Å²) in [4.78, 5) is 18.6. The molecule has 200 valence electrons. The van der Waals surface area contributed by atoms with E-state index in [9.17, 15) is 4.79 Å². The Morgan fingerprint density at radius 1 is 1.13 bits per heavy atom. The van der Waals surface area contributed by atoms with Crippen LogP contribution in [0.1, 0.15) is 43.4 Å². The SMILES string of the molecule is C#CCOc1cc(Br)c(C=Nn2c(-c3cc(C(C)C)c(OCC)cc3C)nc3ccccc3c2=O)cc1OC. The third-order valence-electron chi connectivity index (χ3n) is 6.18. The highest BCUT2D eigenvalue weighted by atomic mass is 79.9. The molecule has 0 aliphatic heterocycles. The second kappa shape index (κ2) is 12.2. The van der Waals surface area contributed by atoms with Crippen molar-refractivity contribution in [2.45, 2.75) is 33.6 Å². The maximum Gasteiger partial charge on any atom is 0.282 e. The number of hydrogen-bond donors (Lipinski definition) is 0. The van der Waals surface area contributed by atoms with Gasteiger partial charge in [-0.25, -0.2) is 4.98 Å². The molecule has 8 heteroatoms. The van der Waals surface area contributed by atoms with Gasteiger partial charge in [-0.3, -0.25) is 4.79 Å². The number of methoxy groups -OCH3 is 1. The molecule has 0 radical (unpaired) electrons. The summed E-state index contributed by atoms with van der Waals surface area (Å²) < 4.78 is 19.0. The fourth-order valence-corrected chi connectivity index (χ4v) is 4.66. The van der Waals surface area contributed by atoms with Gasteiger partial charge in [0.05, 0.1) is 30.8 Å². The molecule has 0 unspecified atom stereocenters. The Hall–Kier alpha value is -4.09. The fourth-order valence-electron chi connectivity index (χ4n) is 4.24. The molecule has 0 saturated carbocycles. The minimum absolute atomic E-state index is 0.109. The van der Waals surface area contributed by atoms with Crippen LogP contribution in [0, 0.1) is 19.3 Å². The van der Waals surface area contributed by atoms with Gasteiger partial charge in [-0.05, 0) is 83.2 Å². The van der Waals surface area contributed by atoms with E-state index in [1.54, 1.807) is 31.5 Å². The molecular weight excluding hydrogens is 558 g/mol. The quantitative estimate of drug-likeness (QED) is 0.164. The standard InChI is InChI=1S/C31H30BrN3O4/c1-7-13-39-29-17-25(32)21(15-28(29)37-6)18-33-35-30(34-26-12-10-9-11-22(26)31(35)36)24-16-23(19(3)4)27(38-8-2)14-20(24)5/h1,9-12,14-19H,8,13H2,2-6H3. The van der Waals surface area contributed by atoms with Crippen molar-refractivity contribution in [1.29, 1.82) is 0 Å². The molecule has 0 spiro atoms. The molecule has 0 amide bonds. The molecule has 0 fully saturated rings. The highest BCUT2D eigenvalue weighted by Gasteiger charge is 2.19. The normalized spacial score (nSPS) is 11.2. The Morgan fingerprint density at radius 2 is 1.90 bits per heavy atom. The zero-order chi connectivity index (χ0) is 28.1. The Balaban J connectivity index is 1.93. The van der Waals surface area contributed by atoms with Gasteiger partial charge in [-0.2, -0.15) is 9.78 Å². The molecule has 39 heavy (non-hydrogen) atoms. The lowest BCUT2D eigenvalue weighted by molar-refractivity contribution is 0.330. The molecular formula is C31H30BrN3O4. The first-order valence-electron chi connectivity index (χ1n) is 12.6. The first kappa shape index (κ1) is 27.9. The number of terminal acetylenes is 1. The lowest BCUT2D eigenvalue weighted by Crippen LogP contribution is -2.21. The van der Waals surface area contributed by atoms with Crippen LogP contribution in [0.5, 0.6) is 17.2 Å². The Bertz CT molecular complexity index is 1650. The summed E-state index contributed by atoms with van der Waals surface area (Å²) in [6.07, 6.45) is 6.92. The first-order chi connectivity index (χ1) is 18.8. The smallest absolute Gasteiger partial charge is 0.282 e. The molecule has 0 aliphatic rings.